The Hall–Kier alpha value is -0.480. The number of halogens is 2. The molecule has 2 unspecified atom stereocenters. The van der Waals surface area contributed by atoms with Crippen LogP contribution in [0.1, 0.15) is 48.6 Å². The second-order valence-electron chi connectivity index (χ2n) is 4.76. The molecule has 0 aliphatic rings. The van der Waals surface area contributed by atoms with Crippen molar-refractivity contribution in [3.05, 3.63) is 43.5 Å². The average molecular weight is 318 g/mol. The Labute approximate surface area is 127 Å². The molecule has 0 aliphatic heterocycles. The lowest BCUT2D eigenvalue weighted by Gasteiger charge is -2.19. The molecule has 2 atom stereocenters. The van der Waals surface area contributed by atoms with Crippen molar-refractivity contribution in [2.45, 2.75) is 39.8 Å². The van der Waals surface area contributed by atoms with Gasteiger partial charge in [-0.1, -0.05) is 23.2 Å². The Morgan fingerprint density at radius 3 is 2.21 bits per heavy atom. The van der Waals surface area contributed by atoms with Crippen molar-refractivity contribution < 1.29 is 4.42 Å². The minimum Gasteiger partial charge on any atom is -0.466 e. The summed E-state index contributed by atoms with van der Waals surface area (Å²) in [5.74, 6) is 1.89. The summed E-state index contributed by atoms with van der Waals surface area (Å²) in [5, 5.41) is 3.52. The van der Waals surface area contributed by atoms with Crippen LogP contribution in [-0.4, -0.2) is 0 Å². The van der Waals surface area contributed by atoms with Gasteiger partial charge >= 0.3 is 0 Å². The van der Waals surface area contributed by atoms with Gasteiger partial charge in [-0.3, -0.25) is 0 Å². The number of nitrogens with one attached hydrogen (secondary N) is 1. The molecule has 0 bridgehead atoms. The van der Waals surface area contributed by atoms with Crippen LogP contribution >= 0.6 is 34.5 Å². The molecule has 0 saturated heterocycles. The molecule has 5 heteroatoms. The van der Waals surface area contributed by atoms with Crippen LogP contribution in [0.2, 0.25) is 8.67 Å². The number of thiophene rings is 1. The molecular weight excluding hydrogens is 301 g/mol. The summed E-state index contributed by atoms with van der Waals surface area (Å²) in [4.78, 5) is 0. The minimum atomic E-state index is 0.140. The maximum Gasteiger partial charge on any atom is 0.105 e. The number of rotatable bonds is 4. The maximum atomic E-state index is 6.18. The fourth-order valence-electron chi connectivity index (χ4n) is 2.28. The molecule has 0 fully saturated rings. The third kappa shape index (κ3) is 3.34. The molecule has 0 radical (unpaired) electrons. The van der Waals surface area contributed by atoms with Gasteiger partial charge in [0.2, 0.25) is 0 Å². The van der Waals surface area contributed by atoms with E-state index < -0.39 is 0 Å². The van der Waals surface area contributed by atoms with E-state index in [0.717, 1.165) is 25.8 Å². The van der Waals surface area contributed by atoms with Gasteiger partial charge in [-0.05, 0) is 45.4 Å². The van der Waals surface area contributed by atoms with Gasteiger partial charge in [0.05, 0.1) is 8.67 Å². The van der Waals surface area contributed by atoms with E-state index in [1.165, 1.54) is 16.9 Å². The highest BCUT2D eigenvalue weighted by molar-refractivity contribution is 7.20. The highest BCUT2D eigenvalue weighted by Crippen LogP contribution is 2.36. The molecule has 0 aliphatic carbocycles. The minimum absolute atomic E-state index is 0.140. The van der Waals surface area contributed by atoms with Gasteiger partial charge in [0.25, 0.3) is 0 Å². The Bertz CT molecular complexity index is 526. The Kier molecular flexibility index (Phi) is 4.62. The van der Waals surface area contributed by atoms with E-state index >= 15 is 0 Å². The molecule has 0 amide bonds. The Morgan fingerprint density at radius 1 is 1.11 bits per heavy atom. The van der Waals surface area contributed by atoms with Crippen LogP contribution in [-0.2, 0) is 0 Å². The molecule has 0 saturated carbocycles. The summed E-state index contributed by atoms with van der Waals surface area (Å²) in [7, 11) is 0. The number of aryl methyl sites for hydroxylation is 2. The van der Waals surface area contributed by atoms with Crippen molar-refractivity contribution in [2.75, 3.05) is 0 Å². The molecule has 104 valence electrons. The van der Waals surface area contributed by atoms with Gasteiger partial charge in [0, 0.05) is 17.6 Å². The molecule has 2 rings (SSSR count). The van der Waals surface area contributed by atoms with Gasteiger partial charge in [0.1, 0.15) is 11.5 Å². The lowest BCUT2D eigenvalue weighted by atomic mass is 10.1. The monoisotopic (exact) mass is 317 g/mol. The van der Waals surface area contributed by atoms with Crippen molar-refractivity contribution in [1.29, 1.82) is 0 Å². The van der Waals surface area contributed by atoms with Crippen LogP contribution in [0.4, 0.5) is 0 Å². The number of furan rings is 1. The van der Waals surface area contributed by atoms with Gasteiger partial charge in [0.15, 0.2) is 0 Å². The zero-order valence-corrected chi connectivity index (χ0v) is 13.7. The van der Waals surface area contributed by atoms with Crippen LogP contribution in [0.25, 0.3) is 0 Å². The highest BCUT2D eigenvalue weighted by Gasteiger charge is 2.18. The molecule has 2 aromatic rings. The first-order chi connectivity index (χ1) is 8.88. The molecule has 0 aromatic carbocycles. The molecule has 0 spiro atoms. The lowest BCUT2D eigenvalue weighted by Crippen LogP contribution is -2.22. The smallest absolute Gasteiger partial charge is 0.105 e. The zero-order valence-electron chi connectivity index (χ0n) is 11.4. The topological polar surface area (TPSA) is 25.2 Å². The molecular formula is C14H17Cl2NOS. The molecule has 2 aromatic heterocycles. The number of hydrogen-bond donors (Lipinski definition) is 1. The normalized spacial score (nSPS) is 14.6. The largest absolute Gasteiger partial charge is 0.466 e. The van der Waals surface area contributed by atoms with E-state index in [1.54, 1.807) is 0 Å². The Morgan fingerprint density at radius 2 is 1.74 bits per heavy atom. The van der Waals surface area contributed by atoms with Crippen molar-refractivity contribution in [1.82, 2.24) is 5.32 Å². The lowest BCUT2D eigenvalue weighted by molar-refractivity contribution is 0.469. The van der Waals surface area contributed by atoms with E-state index in [-0.39, 0.29) is 12.1 Å². The third-order valence-electron chi connectivity index (χ3n) is 3.20. The summed E-state index contributed by atoms with van der Waals surface area (Å²) >= 11 is 13.6. The highest BCUT2D eigenvalue weighted by atomic mass is 35.5. The van der Waals surface area contributed by atoms with Gasteiger partial charge < -0.3 is 9.73 Å². The summed E-state index contributed by atoms with van der Waals surface area (Å²) in [6, 6.07) is 4.33. The molecule has 2 nitrogen and oxygen atoms in total. The standard InChI is InChI=1S/C14H17Cl2NOS/c1-7-5-11(10(4)18-7)8(2)17-9(3)12-6-13(15)19-14(12)16/h5-6,8-9,17H,1-4H3. The van der Waals surface area contributed by atoms with Crippen LogP contribution in [0.5, 0.6) is 0 Å². The van der Waals surface area contributed by atoms with Gasteiger partial charge in [-0.15, -0.1) is 11.3 Å². The SMILES string of the molecule is Cc1cc(C(C)NC(C)c2cc(Cl)sc2Cl)c(C)o1. The van der Waals surface area contributed by atoms with Crippen molar-refractivity contribution in [2.24, 2.45) is 0 Å². The van der Waals surface area contributed by atoms with Crippen LogP contribution in [0, 0.1) is 13.8 Å². The van der Waals surface area contributed by atoms with Crippen LogP contribution < -0.4 is 5.32 Å². The van der Waals surface area contributed by atoms with E-state index in [9.17, 15) is 0 Å². The van der Waals surface area contributed by atoms with Crippen molar-refractivity contribution in [3.63, 3.8) is 0 Å². The first kappa shape index (κ1) is 14.9. The second-order valence-corrected chi connectivity index (χ2v) is 7.04. The second kappa shape index (κ2) is 5.88. The first-order valence-corrected chi connectivity index (χ1v) is 7.73. The van der Waals surface area contributed by atoms with Crippen molar-refractivity contribution >= 4 is 34.5 Å². The van der Waals surface area contributed by atoms with E-state index in [2.05, 4.69) is 25.2 Å². The average Bonchev–Trinajstić information content (AvgIpc) is 2.81. The van der Waals surface area contributed by atoms with Crippen molar-refractivity contribution in [3.8, 4) is 0 Å². The van der Waals surface area contributed by atoms with E-state index in [4.69, 9.17) is 27.6 Å². The molecule has 19 heavy (non-hydrogen) atoms. The predicted molar refractivity (Wildman–Crippen MR) is 82.5 cm³/mol. The third-order valence-corrected chi connectivity index (χ3v) is 4.71. The quantitative estimate of drug-likeness (QED) is 0.785. The zero-order chi connectivity index (χ0) is 14.2. The first-order valence-electron chi connectivity index (χ1n) is 6.16. The number of hydrogen-bond acceptors (Lipinski definition) is 3. The van der Waals surface area contributed by atoms with Crippen LogP contribution in [0.3, 0.4) is 0 Å². The predicted octanol–water partition coefficient (Wildman–Crippen LogP) is 5.68. The van der Waals surface area contributed by atoms with Crippen LogP contribution in [0.15, 0.2) is 16.5 Å². The van der Waals surface area contributed by atoms with E-state index in [0.29, 0.717) is 0 Å². The van der Waals surface area contributed by atoms with Gasteiger partial charge in [-0.25, -0.2) is 0 Å². The molecule has 1 N–H and O–H groups in total. The summed E-state index contributed by atoms with van der Waals surface area (Å²) in [6.45, 7) is 8.15. The maximum absolute atomic E-state index is 6.18. The Balaban J connectivity index is 2.12. The fourth-order valence-corrected chi connectivity index (χ4v) is 3.93. The summed E-state index contributed by atoms with van der Waals surface area (Å²) < 4.78 is 7.03. The fraction of sp³-hybridized carbons (Fsp3) is 0.429. The summed E-state index contributed by atoms with van der Waals surface area (Å²) in [5.41, 5.74) is 2.23. The van der Waals surface area contributed by atoms with Gasteiger partial charge in [-0.2, -0.15) is 0 Å². The summed E-state index contributed by atoms with van der Waals surface area (Å²) in [6.07, 6.45) is 0. The van der Waals surface area contributed by atoms with E-state index in [1.807, 2.05) is 19.9 Å². The molecule has 2 heterocycles.